The Morgan fingerprint density at radius 2 is 1.53 bits per heavy atom. The van der Waals surface area contributed by atoms with Gasteiger partial charge >= 0.3 is 0 Å². The molecule has 8 rings (SSSR count). The molecule has 3 aliphatic rings. The number of amides is 1. The zero-order valence-corrected chi connectivity index (χ0v) is 26.0. The number of hydrogen-bond donors (Lipinski definition) is 1. The first-order valence-electron chi connectivity index (χ1n) is 16.6. The summed E-state index contributed by atoms with van der Waals surface area (Å²) in [6.07, 6.45) is 7.99. The van der Waals surface area contributed by atoms with Crippen molar-refractivity contribution < 1.29 is 4.79 Å². The number of nitrogens with one attached hydrogen (secondary N) is 1. The molecule has 1 amide bonds. The first kappa shape index (κ1) is 28.2. The van der Waals surface area contributed by atoms with Crippen LogP contribution >= 0.6 is 0 Å². The molecule has 3 aliphatic heterocycles. The van der Waals surface area contributed by atoms with E-state index >= 15 is 0 Å². The van der Waals surface area contributed by atoms with Gasteiger partial charge in [0.2, 0.25) is 0 Å². The van der Waals surface area contributed by atoms with Crippen LogP contribution in [0, 0.1) is 6.92 Å². The van der Waals surface area contributed by atoms with Crippen molar-refractivity contribution in [3.05, 3.63) is 102 Å². The molecule has 0 radical (unpaired) electrons. The highest BCUT2D eigenvalue weighted by Crippen LogP contribution is 2.45. The fourth-order valence-electron chi connectivity index (χ4n) is 8.74. The third-order valence-electron chi connectivity index (χ3n) is 11.0. The average molecular weight is 600 g/mol. The highest BCUT2D eigenvalue weighted by atomic mass is 16.2. The van der Waals surface area contributed by atoms with Gasteiger partial charge in [0.1, 0.15) is 11.5 Å². The zero-order valence-electron chi connectivity index (χ0n) is 26.0. The number of rotatable bonds is 7. The molecule has 3 aromatic carbocycles. The lowest BCUT2D eigenvalue weighted by atomic mass is 9.70. The second-order valence-corrected chi connectivity index (χ2v) is 13.4. The largest absolute Gasteiger partial charge is 0.337 e. The summed E-state index contributed by atoms with van der Waals surface area (Å²) in [7, 11) is 0. The van der Waals surface area contributed by atoms with E-state index < -0.39 is 0 Å². The van der Waals surface area contributed by atoms with Gasteiger partial charge in [-0.05, 0) is 81.5 Å². The van der Waals surface area contributed by atoms with Gasteiger partial charge in [-0.15, -0.1) is 5.10 Å². The van der Waals surface area contributed by atoms with Gasteiger partial charge in [-0.25, -0.2) is 4.98 Å². The molecule has 230 valence electrons. The number of imidazole rings is 1. The van der Waals surface area contributed by atoms with E-state index in [4.69, 9.17) is 4.98 Å². The molecule has 2 bridgehead atoms. The van der Waals surface area contributed by atoms with Gasteiger partial charge in [-0.1, -0.05) is 78.0 Å². The molecule has 45 heavy (non-hydrogen) atoms. The normalized spacial score (nSPS) is 23.0. The van der Waals surface area contributed by atoms with E-state index in [1.165, 1.54) is 36.8 Å². The number of aromatic nitrogens is 5. The van der Waals surface area contributed by atoms with Crippen molar-refractivity contribution in [2.45, 2.75) is 75.4 Å². The van der Waals surface area contributed by atoms with Crippen LogP contribution in [0.1, 0.15) is 72.9 Å². The smallest absolute Gasteiger partial charge is 0.274 e. The maximum atomic E-state index is 13.7. The number of carbonyl (C=O) groups is 1. The zero-order chi connectivity index (χ0) is 30.4. The van der Waals surface area contributed by atoms with E-state index in [2.05, 4.69) is 86.4 Å². The number of fused-ring (bicyclic) bond motifs is 3. The first-order valence-corrected chi connectivity index (χ1v) is 16.6. The van der Waals surface area contributed by atoms with Crippen LogP contribution in [0.25, 0.3) is 22.3 Å². The summed E-state index contributed by atoms with van der Waals surface area (Å²) < 4.78 is 2.52. The van der Waals surface area contributed by atoms with Crippen LogP contribution in [0.5, 0.6) is 0 Å². The Kier molecular flexibility index (Phi) is 7.25. The summed E-state index contributed by atoms with van der Waals surface area (Å²) in [6, 6.07) is 31.2. The second kappa shape index (κ2) is 11.6. The molecule has 2 atom stereocenters. The topological polar surface area (TPSA) is 82.9 Å². The number of benzene rings is 3. The van der Waals surface area contributed by atoms with Gasteiger partial charge in [0.25, 0.3) is 5.91 Å². The molecule has 2 unspecified atom stereocenters. The van der Waals surface area contributed by atoms with Crippen molar-refractivity contribution in [2.75, 3.05) is 19.6 Å². The van der Waals surface area contributed by atoms with E-state index in [9.17, 15) is 4.79 Å². The molecule has 8 nitrogen and oxygen atoms in total. The van der Waals surface area contributed by atoms with Crippen LogP contribution in [0.2, 0.25) is 0 Å². The highest BCUT2D eigenvalue weighted by molar-refractivity contribution is 5.98. The SMILES string of the molecule is Cc1nc2ccccc2n1C1CC2CCC(C1)N2CCC1(c2ccccc2)CCN(C(=O)c2[nH]nnc2-c2ccccc2)CC1. The number of piperidine rings is 2. The van der Waals surface area contributed by atoms with E-state index in [0.29, 0.717) is 29.5 Å². The molecule has 2 aromatic heterocycles. The number of likely N-dealkylation sites (tertiary alicyclic amines) is 1. The fourth-order valence-corrected chi connectivity index (χ4v) is 8.74. The van der Waals surface area contributed by atoms with Gasteiger partial charge in [-0.2, -0.15) is 0 Å². The van der Waals surface area contributed by atoms with Crippen LogP contribution in [0.3, 0.4) is 0 Å². The van der Waals surface area contributed by atoms with E-state index in [-0.39, 0.29) is 11.3 Å². The van der Waals surface area contributed by atoms with Gasteiger partial charge in [-0.3, -0.25) is 14.8 Å². The minimum Gasteiger partial charge on any atom is -0.337 e. The van der Waals surface area contributed by atoms with Crippen LogP contribution in [0.4, 0.5) is 0 Å². The maximum absolute atomic E-state index is 13.7. The number of carbonyl (C=O) groups excluding carboxylic acids is 1. The van der Waals surface area contributed by atoms with Gasteiger partial charge < -0.3 is 9.47 Å². The van der Waals surface area contributed by atoms with Crippen LogP contribution in [-0.2, 0) is 5.41 Å². The number of aryl methyl sites for hydroxylation is 1. The summed E-state index contributed by atoms with van der Waals surface area (Å²) in [6.45, 7) is 4.73. The van der Waals surface area contributed by atoms with Crippen molar-refractivity contribution in [1.29, 1.82) is 0 Å². The summed E-state index contributed by atoms with van der Waals surface area (Å²) in [5.41, 5.74) is 5.86. The molecule has 3 saturated heterocycles. The standard InChI is InChI=1S/C37H41N7O/c1-26-38-32-14-8-9-15-33(32)44(26)31-24-29-16-17-30(25-31)43(29)23-20-37(28-12-6-3-7-13-28)18-21-42(22-19-37)36(45)35-34(39-41-40-35)27-10-4-2-5-11-27/h2-15,29-31H,16-25H2,1H3,(H,39,40,41). The lowest BCUT2D eigenvalue weighted by Gasteiger charge is -2.45. The molecular formula is C37H41N7O. The van der Waals surface area contributed by atoms with Crippen molar-refractivity contribution in [3.8, 4) is 11.3 Å². The van der Waals surface area contributed by atoms with Crippen LogP contribution in [0.15, 0.2) is 84.9 Å². The summed E-state index contributed by atoms with van der Waals surface area (Å²) >= 11 is 0. The third-order valence-corrected chi connectivity index (χ3v) is 11.0. The summed E-state index contributed by atoms with van der Waals surface area (Å²) in [5.74, 6) is 1.13. The molecule has 0 saturated carbocycles. The van der Waals surface area contributed by atoms with Crippen molar-refractivity contribution in [2.24, 2.45) is 0 Å². The molecule has 5 heterocycles. The van der Waals surface area contributed by atoms with E-state index in [1.807, 2.05) is 35.2 Å². The number of nitrogens with zero attached hydrogens (tertiary/aromatic N) is 6. The second-order valence-electron chi connectivity index (χ2n) is 13.4. The Labute approximate surface area is 264 Å². The predicted octanol–water partition coefficient (Wildman–Crippen LogP) is 6.56. The Balaban J connectivity index is 0.978. The van der Waals surface area contributed by atoms with E-state index in [0.717, 1.165) is 55.8 Å². The molecule has 8 heteroatoms. The summed E-state index contributed by atoms with van der Waals surface area (Å²) in [4.78, 5) is 23.5. The van der Waals surface area contributed by atoms with Crippen LogP contribution < -0.4 is 0 Å². The Bertz CT molecular complexity index is 1770. The monoisotopic (exact) mass is 599 g/mol. The Hall–Kier alpha value is -4.30. The number of H-pyrrole nitrogens is 1. The number of aromatic amines is 1. The quantitative estimate of drug-likeness (QED) is 0.229. The third kappa shape index (κ3) is 5.05. The van der Waals surface area contributed by atoms with Gasteiger partial charge in [0.15, 0.2) is 5.69 Å². The minimum absolute atomic E-state index is 0.0112. The molecule has 1 N–H and O–H groups in total. The van der Waals surface area contributed by atoms with Crippen LogP contribution in [-0.4, -0.2) is 72.4 Å². The minimum atomic E-state index is -0.0112. The Morgan fingerprint density at radius 1 is 0.867 bits per heavy atom. The molecule has 3 fully saturated rings. The molecule has 5 aromatic rings. The lowest BCUT2D eigenvalue weighted by Crippen LogP contribution is -2.49. The van der Waals surface area contributed by atoms with Crippen molar-refractivity contribution >= 4 is 16.9 Å². The number of hydrogen-bond acceptors (Lipinski definition) is 5. The highest BCUT2D eigenvalue weighted by Gasteiger charge is 2.44. The fraction of sp³-hybridized carbons (Fsp3) is 0.405. The lowest BCUT2D eigenvalue weighted by molar-refractivity contribution is 0.0602. The summed E-state index contributed by atoms with van der Waals surface area (Å²) in [5, 5.41) is 11.2. The number of para-hydroxylation sites is 2. The van der Waals surface area contributed by atoms with Crippen molar-refractivity contribution in [1.82, 2.24) is 34.8 Å². The van der Waals surface area contributed by atoms with Crippen molar-refractivity contribution in [3.63, 3.8) is 0 Å². The predicted molar refractivity (Wildman–Crippen MR) is 176 cm³/mol. The maximum Gasteiger partial charge on any atom is 0.274 e. The van der Waals surface area contributed by atoms with Gasteiger partial charge in [0, 0.05) is 36.8 Å². The average Bonchev–Trinajstić information content (AvgIpc) is 3.77. The van der Waals surface area contributed by atoms with E-state index in [1.54, 1.807) is 0 Å². The molecule has 0 aliphatic carbocycles. The molecular weight excluding hydrogens is 558 g/mol. The first-order chi connectivity index (χ1) is 22.1. The molecule has 0 spiro atoms. The van der Waals surface area contributed by atoms with Gasteiger partial charge in [0.05, 0.1) is 11.0 Å². The Morgan fingerprint density at radius 3 is 2.27 bits per heavy atom.